The number of rotatable bonds is 68. The van der Waals surface area contributed by atoms with Gasteiger partial charge in [-0.05, 0) is 77.0 Å². The predicted octanol–water partition coefficient (Wildman–Crippen LogP) is 25.8. The molecule has 0 aromatic heterocycles. The van der Waals surface area contributed by atoms with Crippen molar-refractivity contribution in [2.24, 2.45) is 0 Å². The summed E-state index contributed by atoms with van der Waals surface area (Å²) in [4.78, 5) is 14.4. The SMILES string of the molecule is O=C(Nc1cc(OCCCCCCCCCCCl)c(OCCCCCCCCCCCl)c(OCCCCCCCCCCCl)c1)Nc1cc(OCCCCCCCCCCCl)c(OCCCCCCCCCCCl)c(OCCCCCCCCCCCl)c1. The molecule has 0 aliphatic rings. The van der Waals surface area contributed by atoms with Gasteiger partial charge in [-0.2, -0.15) is 0 Å². The maximum atomic E-state index is 14.4. The smallest absolute Gasteiger partial charge is 0.323 e. The lowest BCUT2D eigenvalue weighted by molar-refractivity contribution is 0.234. The standard InChI is InChI=1S/C73H126Cl6N2O7/c74-49-37-25-13-1-7-19-31-43-55-83-67-61-65(62-68(84-56-44-32-20-8-2-14-26-38-50-75)71(67)87-59-47-35-23-11-5-17-29-41-53-78)80-73(82)81-66-63-69(85-57-45-33-21-9-3-15-27-39-51-76)72(88-60-48-36-24-12-6-18-30-42-54-79)70(64-66)86-58-46-34-22-10-4-16-28-40-52-77/h61-64H,1-60H2,(H2,80,81,82). The summed E-state index contributed by atoms with van der Waals surface area (Å²) in [6.45, 7) is 3.23. The molecule has 2 aromatic rings. The van der Waals surface area contributed by atoms with Crippen molar-refractivity contribution in [2.75, 3.05) is 85.6 Å². The molecule has 2 rings (SSSR count). The van der Waals surface area contributed by atoms with Gasteiger partial charge in [0.1, 0.15) is 0 Å². The fourth-order valence-corrected chi connectivity index (χ4v) is 12.1. The third-order valence-corrected chi connectivity index (χ3v) is 17.9. The molecule has 0 unspecified atom stereocenters. The number of hydrogen-bond donors (Lipinski definition) is 2. The van der Waals surface area contributed by atoms with Crippen LogP contribution in [-0.4, -0.2) is 81.0 Å². The van der Waals surface area contributed by atoms with Crippen molar-refractivity contribution in [1.82, 2.24) is 0 Å². The molecule has 0 bridgehead atoms. The number of anilines is 2. The van der Waals surface area contributed by atoms with Crippen molar-refractivity contribution in [1.29, 1.82) is 0 Å². The first kappa shape index (κ1) is 82.3. The van der Waals surface area contributed by atoms with Crippen molar-refractivity contribution < 1.29 is 33.2 Å². The van der Waals surface area contributed by atoms with Crippen LogP contribution in [0.25, 0.3) is 0 Å². The molecule has 0 aliphatic heterocycles. The first-order valence-electron chi connectivity index (χ1n) is 36.1. The third kappa shape index (κ3) is 48.0. The number of halogens is 6. The summed E-state index contributed by atoms with van der Waals surface area (Å²) in [6, 6.07) is 7.17. The van der Waals surface area contributed by atoms with Gasteiger partial charge >= 0.3 is 6.03 Å². The highest BCUT2D eigenvalue weighted by molar-refractivity contribution is 6.18. The van der Waals surface area contributed by atoms with Gasteiger partial charge in [0, 0.05) is 59.5 Å². The van der Waals surface area contributed by atoms with Crippen LogP contribution in [0.2, 0.25) is 0 Å². The van der Waals surface area contributed by atoms with Crippen molar-refractivity contribution >= 4 is 87.0 Å². The molecule has 0 radical (unpaired) electrons. The number of unbranched alkanes of at least 4 members (excludes halogenated alkanes) is 42. The Balaban J connectivity index is 2.46. The molecule has 0 heterocycles. The minimum atomic E-state index is -0.407. The number of amides is 2. The normalized spacial score (nSPS) is 11.3. The van der Waals surface area contributed by atoms with E-state index in [1.54, 1.807) is 0 Å². The predicted molar refractivity (Wildman–Crippen MR) is 384 cm³/mol. The van der Waals surface area contributed by atoms with Crippen molar-refractivity contribution in [3.8, 4) is 34.5 Å². The van der Waals surface area contributed by atoms with Crippen molar-refractivity contribution in [2.45, 2.75) is 308 Å². The first-order valence-corrected chi connectivity index (χ1v) is 39.3. The van der Waals surface area contributed by atoms with Gasteiger partial charge in [-0.25, -0.2) is 4.79 Å². The monoisotopic (exact) mass is 1350 g/mol. The second-order valence-corrected chi connectivity index (χ2v) is 26.6. The Morgan fingerprint density at radius 1 is 0.227 bits per heavy atom. The van der Waals surface area contributed by atoms with Crippen LogP contribution < -0.4 is 39.1 Å². The molecule has 15 heteroatoms. The Kier molecular flexibility index (Phi) is 59.9. The first-order chi connectivity index (χ1) is 43.5. The number of hydrogen-bond acceptors (Lipinski definition) is 7. The topological polar surface area (TPSA) is 96.5 Å². The fourth-order valence-electron chi connectivity index (χ4n) is 10.9. The van der Waals surface area contributed by atoms with Crippen LogP contribution in [0.3, 0.4) is 0 Å². The van der Waals surface area contributed by atoms with E-state index in [1.165, 1.54) is 193 Å². The van der Waals surface area contributed by atoms with E-state index in [0.29, 0.717) is 85.5 Å². The molecule has 9 nitrogen and oxygen atoms in total. The van der Waals surface area contributed by atoms with Gasteiger partial charge in [-0.3, -0.25) is 0 Å². The highest BCUT2D eigenvalue weighted by Crippen LogP contribution is 2.43. The van der Waals surface area contributed by atoms with E-state index in [4.69, 9.17) is 98.0 Å². The molecule has 0 aliphatic carbocycles. The number of nitrogens with one attached hydrogen (secondary N) is 2. The molecule has 88 heavy (non-hydrogen) atoms. The van der Waals surface area contributed by atoms with Crippen LogP contribution in [0.4, 0.5) is 16.2 Å². The van der Waals surface area contributed by atoms with Gasteiger partial charge in [-0.1, -0.05) is 231 Å². The molecular formula is C73H126Cl6N2O7. The van der Waals surface area contributed by atoms with E-state index < -0.39 is 6.03 Å². The van der Waals surface area contributed by atoms with E-state index in [-0.39, 0.29) is 0 Å². The zero-order valence-corrected chi connectivity index (χ0v) is 59.9. The van der Waals surface area contributed by atoms with Crippen LogP contribution >= 0.6 is 69.6 Å². The summed E-state index contributed by atoms with van der Waals surface area (Å²) in [5.41, 5.74) is 1.11. The minimum Gasteiger partial charge on any atom is -0.489 e. The summed E-state index contributed by atoms with van der Waals surface area (Å²) in [5, 5.41) is 6.33. The Morgan fingerprint density at radius 2 is 0.375 bits per heavy atom. The second-order valence-electron chi connectivity index (χ2n) is 24.4. The molecule has 512 valence electrons. The number of benzene rings is 2. The summed E-state index contributed by atoms with van der Waals surface area (Å²) in [5.74, 6) is 7.99. The van der Waals surface area contributed by atoms with Gasteiger partial charge in [-0.15, -0.1) is 69.6 Å². The summed E-state index contributed by atoms with van der Waals surface area (Å²) >= 11 is 35.5. The lowest BCUT2D eigenvalue weighted by atomic mass is 10.1. The molecule has 2 N–H and O–H groups in total. The molecular weight excluding hydrogens is 1230 g/mol. The van der Waals surface area contributed by atoms with Crippen LogP contribution in [-0.2, 0) is 0 Å². The molecule has 2 amide bonds. The lowest BCUT2D eigenvalue weighted by Crippen LogP contribution is -2.20. The maximum Gasteiger partial charge on any atom is 0.323 e. The largest absolute Gasteiger partial charge is 0.489 e. The summed E-state index contributed by atoms with van der Waals surface area (Å²) in [7, 11) is 0. The van der Waals surface area contributed by atoms with E-state index in [9.17, 15) is 4.79 Å². The average Bonchev–Trinajstić information content (AvgIpc) is 3.68. The van der Waals surface area contributed by atoms with Gasteiger partial charge < -0.3 is 39.1 Å². The number of urea groups is 1. The van der Waals surface area contributed by atoms with Crippen LogP contribution in [0.15, 0.2) is 24.3 Å². The number of alkyl halides is 6. The van der Waals surface area contributed by atoms with Gasteiger partial charge in [0.25, 0.3) is 0 Å². The van der Waals surface area contributed by atoms with E-state index in [0.717, 1.165) is 151 Å². The Labute approximate surface area is 569 Å². The number of carbonyl (C=O) groups is 1. The Morgan fingerprint density at radius 3 is 0.545 bits per heavy atom. The summed E-state index contributed by atoms with van der Waals surface area (Å²) in [6.07, 6.45) is 54.9. The number of ether oxygens (including phenoxy) is 6. The highest BCUT2D eigenvalue weighted by Gasteiger charge is 2.21. The van der Waals surface area contributed by atoms with E-state index >= 15 is 0 Å². The molecule has 0 saturated heterocycles. The zero-order valence-electron chi connectivity index (χ0n) is 55.4. The lowest BCUT2D eigenvalue weighted by Gasteiger charge is -2.20. The molecule has 0 spiro atoms. The fraction of sp³-hybridized carbons (Fsp3) is 0.822. The van der Waals surface area contributed by atoms with E-state index in [2.05, 4.69) is 10.6 Å². The third-order valence-electron chi connectivity index (χ3n) is 16.2. The van der Waals surface area contributed by atoms with Gasteiger partial charge in [0.2, 0.25) is 11.5 Å². The quantitative estimate of drug-likeness (QED) is 0.0503. The van der Waals surface area contributed by atoms with Crippen LogP contribution in [0.1, 0.15) is 308 Å². The minimum absolute atomic E-state index is 0.407. The second kappa shape index (κ2) is 64.0. The average molecular weight is 1360 g/mol. The van der Waals surface area contributed by atoms with Crippen molar-refractivity contribution in [3.63, 3.8) is 0 Å². The van der Waals surface area contributed by atoms with Gasteiger partial charge in [0.05, 0.1) is 51.0 Å². The number of carbonyl (C=O) groups excluding carboxylic acids is 1. The Bertz CT molecular complexity index is 1640. The van der Waals surface area contributed by atoms with Crippen molar-refractivity contribution in [3.05, 3.63) is 24.3 Å². The Hall–Kier alpha value is -1.75. The van der Waals surface area contributed by atoms with Crippen LogP contribution in [0, 0.1) is 0 Å². The molecule has 2 aromatic carbocycles. The molecule has 0 fully saturated rings. The van der Waals surface area contributed by atoms with Crippen LogP contribution in [0.5, 0.6) is 34.5 Å². The summed E-state index contributed by atoms with van der Waals surface area (Å²) < 4.78 is 39.9. The van der Waals surface area contributed by atoms with E-state index in [1.807, 2.05) is 24.3 Å². The maximum absolute atomic E-state index is 14.4. The highest BCUT2D eigenvalue weighted by atomic mass is 35.5. The van der Waals surface area contributed by atoms with Gasteiger partial charge in [0.15, 0.2) is 23.0 Å². The molecule has 0 saturated carbocycles. The molecule has 0 atom stereocenters. The zero-order chi connectivity index (χ0) is 63.1.